The third-order valence-electron chi connectivity index (χ3n) is 4.25. The first kappa shape index (κ1) is 17.4. The third-order valence-corrected chi connectivity index (χ3v) is 4.25. The van der Waals surface area contributed by atoms with Crippen molar-refractivity contribution >= 4 is 30.1 Å². The molecule has 2 unspecified atom stereocenters. The first-order chi connectivity index (χ1) is 12.4. The number of hydrogen-bond donors (Lipinski definition) is 2. The van der Waals surface area contributed by atoms with Crippen molar-refractivity contribution < 1.29 is 19.2 Å². The summed E-state index contributed by atoms with van der Waals surface area (Å²) in [5.41, 5.74) is 5.02. The minimum Gasteiger partial charge on any atom is -0.338 e. The van der Waals surface area contributed by atoms with Crippen LogP contribution < -0.4 is 10.9 Å². The van der Waals surface area contributed by atoms with Gasteiger partial charge in [0.05, 0.1) is 6.34 Å². The van der Waals surface area contributed by atoms with Gasteiger partial charge in [-0.1, -0.05) is 18.2 Å². The monoisotopic (exact) mass is 358 g/mol. The molecule has 0 radical (unpaired) electrons. The second-order valence-corrected chi connectivity index (χ2v) is 5.95. The second-order valence-electron chi connectivity index (χ2n) is 5.95. The Morgan fingerprint density at radius 1 is 1.12 bits per heavy atom. The van der Waals surface area contributed by atoms with E-state index in [0.29, 0.717) is 5.56 Å². The SMILES string of the molecule is CN1C(=O)C2C(N=CN2CC(=O)NNC(=O)c2ccccc2)N(C)C1=O. The zero-order chi connectivity index (χ0) is 18.8. The van der Waals surface area contributed by atoms with Crippen LogP contribution in [-0.4, -0.2) is 77.6 Å². The molecule has 2 atom stereocenters. The van der Waals surface area contributed by atoms with Crippen LogP contribution in [0.15, 0.2) is 35.3 Å². The first-order valence-corrected chi connectivity index (χ1v) is 7.88. The maximum atomic E-state index is 12.4. The van der Waals surface area contributed by atoms with E-state index in [-0.39, 0.29) is 6.54 Å². The summed E-state index contributed by atoms with van der Waals surface area (Å²) in [6.07, 6.45) is 0.701. The number of carbonyl (C=O) groups excluding carboxylic acids is 4. The van der Waals surface area contributed by atoms with Crippen LogP contribution in [0.1, 0.15) is 10.4 Å². The standard InChI is InChI=1S/C16H18N6O4/c1-20-13-12(15(25)21(2)16(20)26)22(9-17-13)8-11(23)18-19-14(24)10-6-4-3-5-7-10/h3-7,9,12-13H,8H2,1-2H3,(H,18,23)(H,19,24). The summed E-state index contributed by atoms with van der Waals surface area (Å²) in [5.74, 6) is -1.40. The van der Waals surface area contributed by atoms with E-state index in [9.17, 15) is 19.2 Å². The fourth-order valence-electron chi connectivity index (χ4n) is 2.83. The van der Waals surface area contributed by atoms with E-state index in [4.69, 9.17) is 0 Å². The summed E-state index contributed by atoms with van der Waals surface area (Å²) in [6.45, 7) is -0.193. The molecule has 0 saturated carbocycles. The van der Waals surface area contributed by atoms with Gasteiger partial charge in [0, 0.05) is 19.7 Å². The highest BCUT2D eigenvalue weighted by Gasteiger charge is 2.48. The Bertz CT molecular complexity index is 780. The summed E-state index contributed by atoms with van der Waals surface area (Å²) in [4.78, 5) is 56.2. The minimum absolute atomic E-state index is 0.193. The molecular formula is C16H18N6O4. The molecule has 2 heterocycles. The van der Waals surface area contributed by atoms with Crippen LogP contribution in [0, 0.1) is 0 Å². The number of nitrogens with zero attached hydrogens (tertiary/aromatic N) is 4. The Hall–Kier alpha value is -3.43. The molecule has 2 aliphatic heterocycles. The van der Waals surface area contributed by atoms with Gasteiger partial charge >= 0.3 is 6.03 Å². The van der Waals surface area contributed by atoms with Crippen LogP contribution in [0.2, 0.25) is 0 Å². The molecule has 1 aromatic rings. The number of fused-ring (bicyclic) bond motifs is 1. The smallest absolute Gasteiger partial charge is 0.328 e. The highest BCUT2D eigenvalue weighted by Crippen LogP contribution is 2.24. The molecule has 0 bridgehead atoms. The molecular weight excluding hydrogens is 340 g/mol. The zero-order valence-corrected chi connectivity index (χ0v) is 14.2. The Morgan fingerprint density at radius 3 is 2.50 bits per heavy atom. The average Bonchev–Trinajstić information content (AvgIpc) is 3.07. The lowest BCUT2D eigenvalue weighted by Gasteiger charge is -2.39. The Balaban J connectivity index is 1.58. The van der Waals surface area contributed by atoms with Gasteiger partial charge in [0.15, 0.2) is 12.2 Å². The number of amides is 5. The number of nitrogens with one attached hydrogen (secondary N) is 2. The van der Waals surface area contributed by atoms with Gasteiger partial charge in [-0.05, 0) is 12.1 Å². The van der Waals surface area contributed by atoms with Crippen molar-refractivity contribution in [1.82, 2.24) is 25.6 Å². The van der Waals surface area contributed by atoms with Crippen molar-refractivity contribution in [1.29, 1.82) is 0 Å². The van der Waals surface area contributed by atoms with Crippen molar-refractivity contribution in [3.05, 3.63) is 35.9 Å². The number of likely N-dealkylation sites (N-methyl/N-ethyl adjacent to an activating group) is 2. The van der Waals surface area contributed by atoms with Crippen molar-refractivity contribution in [2.24, 2.45) is 4.99 Å². The summed E-state index contributed by atoms with van der Waals surface area (Å²) in [5, 5.41) is 0. The fourth-order valence-corrected chi connectivity index (χ4v) is 2.83. The molecule has 1 fully saturated rings. The fraction of sp³-hybridized carbons (Fsp3) is 0.312. The number of carbonyl (C=O) groups is 4. The number of urea groups is 1. The number of imide groups is 1. The molecule has 3 rings (SSSR count). The molecule has 136 valence electrons. The number of rotatable bonds is 3. The normalized spacial score (nSPS) is 21.7. The molecule has 0 aliphatic carbocycles. The van der Waals surface area contributed by atoms with Gasteiger partial charge < -0.3 is 9.80 Å². The number of hydrogen-bond acceptors (Lipinski definition) is 6. The van der Waals surface area contributed by atoms with Crippen molar-refractivity contribution in [2.45, 2.75) is 12.2 Å². The van der Waals surface area contributed by atoms with Gasteiger partial charge in [-0.15, -0.1) is 0 Å². The van der Waals surface area contributed by atoms with Crippen LogP contribution >= 0.6 is 0 Å². The highest BCUT2D eigenvalue weighted by atomic mass is 16.2. The molecule has 0 spiro atoms. The van der Waals surface area contributed by atoms with Gasteiger partial charge in [-0.25, -0.2) is 9.79 Å². The van der Waals surface area contributed by atoms with Gasteiger partial charge in [0.25, 0.3) is 17.7 Å². The molecule has 1 saturated heterocycles. The number of aliphatic imine (C=N–C) groups is 1. The van der Waals surface area contributed by atoms with E-state index < -0.39 is 36.0 Å². The van der Waals surface area contributed by atoms with Crippen LogP contribution in [0.25, 0.3) is 0 Å². The van der Waals surface area contributed by atoms with Crippen molar-refractivity contribution in [2.75, 3.05) is 20.6 Å². The van der Waals surface area contributed by atoms with Gasteiger partial charge in [0.2, 0.25) is 0 Å². The Labute approximate surface area is 149 Å². The molecule has 10 heteroatoms. The van der Waals surface area contributed by atoms with Crippen molar-refractivity contribution in [3.63, 3.8) is 0 Å². The lowest BCUT2D eigenvalue weighted by Crippen LogP contribution is -2.64. The lowest BCUT2D eigenvalue weighted by molar-refractivity contribution is -0.136. The van der Waals surface area contributed by atoms with E-state index in [1.807, 2.05) is 0 Å². The topological polar surface area (TPSA) is 114 Å². The van der Waals surface area contributed by atoms with Gasteiger partial charge in [-0.2, -0.15) is 0 Å². The molecule has 5 amide bonds. The van der Waals surface area contributed by atoms with Gasteiger partial charge in [-0.3, -0.25) is 30.1 Å². The van der Waals surface area contributed by atoms with E-state index in [0.717, 1.165) is 4.90 Å². The third kappa shape index (κ3) is 3.08. The molecule has 1 aromatic carbocycles. The number of benzene rings is 1. The van der Waals surface area contributed by atoms with Gasteiger partial charge in [0.1, 0.15) is 6.54 Å². The second kappa shape index (κ2) is 6.82. The minimum atomic E-state index is -0.765. The molecule has 26 heavy (non-hydrogen) atoms. The summed E-state index contributed by atoms with van der Waals surface area (Å²) in [6, 6.07) is 7.21. The summed E-state index contributed by atoms with van der Waals surface area (Å²) >= 11 is 0. The van der Waals surface area contributed by atoms with Crippen LogP contribution in [-0.2, 0) is 9.59 Å². The van der Waals surface area contributed by atoms with E-state index in [2.05, 4.69) is 15.8 Å². The Kier molecular flexibility index (Phi) is 4.57. The van der Waals surface area contributed by atoms with Crippen LogP contribution in [0.5, 0.6) is 0 Å². The van der Waals surface area contributed by atoms with Crippen molar-refractivity contribution in [3.8, 4) is 0 Å². The summed E-state index contributed by atoms with van der Waals surface area (Å²) in [7, 11) is 2.93. The predicted octanol–water partition coefficient (Wildman–Crippen LogP) is -0.990. The molecule has 10 nitrogen and oxygen atoms in total. The summed E-state index contributed by atoms with van der Waals surface area (Å²) < 4.78 is 0. The molecule has 2 aliphatic rings. The zero-order valence-electron chi connectivity index (χ0n) is 14.2. The molecule has 0 aromatic heterocycles. The maximum Gasteiger partial charge on any atom is 0.328 e. The first-order valence-electron chi connectivity index (χ1n) is 7.88. The van der Waals surface area contributed by atoms with Crippen LogP contribution in [0.4, 0.5) is 4.79 Å². The average molecular weight is 358 g/mol. The number of hydrazine groups is 1. The Morgan fingerprint density at radius 2 is 1.81 bits per heavy atom. The van der Waals surface area contributed by atoms with E-state index >= 15 is 0 Å². The quantitative estimate of drug-likeness (QED) is 0.674. The molecule has 2 N–H and O–H groups in total. The maximum absolute atomic E-state index is 12.4. The van der Waals surface area contributed by atoms with E-state index in [1.165, 1.54) is 23.2 Å². The van der Waals surface area contributed by atoms with E-state index in [1.54, 1.807) is 37.4 Å². The van der Waals surface area contributed by atoms with Crippen LogP contribution in [0.3, 0.4) is 0 Å². The largest absolute Gasteiger partial charge is 0.338 e. The highest BCUT2D eigenvalue weighted by molar-refractivity contribution is 6.02. The lowest BCUT2D eigenvalue weighted by atomic mass is 10.1. The predicted molar refractivity (Wildman–Crippen MR) is 90.8 cm³/mol.